The van der Waals surface area contributed by atoms with Gasteiger partial charge in [0.05, 0.1) is 36.8 Å². The summed E-state index contributed by atoms with van der Waals surface area (Å²) in [6.07, 6.45) is 3.28. The maximum absolute atomic E-state index is 13.1. The van der Waals surface area contributed by atoms with E-state index in [1.807, 2.05) is 13.0 Å². The zero-order chi connectivity index (χ0) is 21.0. The summed E-state index contributed by atoms with van der Waals surface area (Å²) in [5.74, 6) is 0.685. The first-order chi connectivity index (χ1) is 14.4. The molecule has 11 heteroatoms. The molecule has 1 fully saturated rings. The second-order valence-corrected chi connectivity index (χ2v) is 9.05. The molecule has 5 rings (SSSR count). The first-order valence-electron chi connectivity index (χ1n) is 9.60. The van der Waals surface area contributed by atoms with Crippen LogP contribution >= 0.6 is 0 Å². The van der Waals surface area contributed by atoms with Crippen LogP contribution in [-0.2, 0) is 21.8 Å². The van der Waals surface area contributed by atoms with Gasteiger partial charge < -0.3 is 9.64 Å². The van der Waals surface area contributed by atoms with Crippen molar-refractivity contribution >= 4 is 21.6 Å². The predicted molar refractivity (Wildman–Crippen MR) is 110 cm³/mol. The molecule has 0 aromatic carbocycles. The zero-order valence-corrected chi connectivity index (χ0v) is 17.6. The molecule has 30 heavy (non-hydrogen) atoms. The van der Waals surface area contributed by atoms with Crippen LogP contribution in [0.5, 0.6) is 0 Å². The third-order valence-electron chi connectivity index (χ3n) is 5.45. The Morgan fingerprint density at radius 2 is 2.17 bits per heavy atom. The number of hydrogen-bond donors (Lipinski definition) is 1. The van der Waals surface area contributed by atoms with Gasteiger partial charge in [-0.15, -0.1) is 0 Å². The molecule has 3 aromatic heterocycles. The number of nitrogens with zero attached hydrogens (tertiary/aromatic N) is 6. The minimum atomic E-state index is -3.94. The number of pyridine rings is 1. The van der Waals surface area contributed by atoms with E-state index < -0.39 is 10.0 Å². The Balaban J connectivity index is 1.81. The van der Waals surface area contributed by atoms with E-state index in [4.69, 9.17) is 9.72 Å². The minimum absolute atomic E-state index is 0.100. The van der Waals surface area contributed by atoms with Crippen LogP contribution in [0.2, 0.25) is 0 Å². The van der Waals surface area contributed by atoms with E-state index in [2.05, 4.69) is 31.5 Å². The molecule has 0 radical (unpaired) electrons. The van der Waals surface area contributed by atoms with Crippen molar-refractivity contribution < 1.29 is 13.2 Å². The fourth-order valence-electron chi connectivity index (χ4n) is 4.04. The van der Waals surface area contributed by atoms with Crippen molar-refractivity contribution in [3.8, 4) is 11.3 Å². The van der Waals surface area contributed by atoms with Gasteiger partial charge >= 0.3 is 0 Å². The quantitative estimate of drug-likeness (QED) is 0.669. The summed E-state index contributed by atoms with van der Waals surface area (Å²) < 4.78 is 37.5. The van der Waals surface area contributed by atoms with E-state index in [-0.39, 0.29) is 16.6 Å². The van der Waals surface area contributed by atoms with Crippen molar-refractivity contribution in [2.75, 3.05) is 24.7 Å². The number of fused-ring (bicyclic) bond motifs is 1. The smallest absolute Gasteiger partial charge is 0.285 e. The first kappa shape index (κ1) is 18.9. The van der Waals surface area contributed by atoms with E-state index in [9.17, 15) is 8.42 Å². The Bertz CT molecular complexity index is 1240. The van der Waals surface area contributed by atoms with Gasteiger partial charge in [0.15, 0.2) is 0 Å². The lowest BCUT2D eigenvalue weighted by atomic mass is 10.0. The zero-order valence-electron chi connectivity index (χ0n) is 16.8. The number of aryl methyl sites for hydroxylation is 2. The van der Waals surface area contributed by atoms with Crippen molar-refractivity contribution in [3.05, 3.63) is 41.5 Å². The molecular weight excluding hydrogens is 406 g/mol. The molecule has 5 heterocycles. The average molecular weight is 427 g/mol. The van der Waals surface area contributed by atoms with Crippen molar-refractivity contribution in [1.82, 2.24) is 25.0 Å². The summed E-state index contributed by atoms with van der Waals surface area (Å²) in [6, 6.07) is 3.62. The lowest BCUT2D eigenvalue weighted by molar-refractivity contribution is 0.0985. The molecule has 2 aliphatic rings. The molecule has 0 saturated carbocycles. The number of nitrogens with one attached hydrogen (secondary N) is 1. The van der Waals surface area contributed by atoms with Gasteiger partial charge in [0.25, 0.3) is 10.0 Å². The van der Waals surface area contributed by atoms with Gasteiger partial charge in [-0.05, 0) is 31.5 Å². The molecule has 1 N–H and O–H groups in total. The standard InChI is InChI=1S/C19H21N7O3S/c1-11-9-21-25(3)18(11)13-8-15(26-6-7-29-10-12(26)2)22-17-16(14-4-5-20-23-14)24-30(27,28)19(13)17/h4-5,8-9,12H,6-7,10H2,1-3H3,(H,20,23). The molecule has 0 amide bonds. The predicted octanol–water partition coefficient (Wildman–Crippen LogP) is 1.28. The van der Waals surface area contributed by atoms with Crippen molar-refractivity contribution in [2.24, 2.45) is 11.4 Å². The van der Waals surface area contributed by atoms with E-state index in [0.717, 1.165) is 11.3 Å². The summed E-state index contributed by atoms with van der Waals surface area (Å²) in [4.78, 5) is 7.01. The number of ether oxygens (including phenoxy) is 1. The first-order valence-corrected chi connectivity index (χ1v) is 11.0. The highest BCUT2D eigenvalue weighted by molar-refractivity contribution is 7.91. The van der Waals surface area contributed by atoms with E-state index in [0.29, 0.717) is 42.5 Å². The van der Waals surface area contributed by atoms with Gasteiger partial charge in [0.2, 0.25) is 0 Å². The molecule has 2 aliphatic heterocycles. The molecule has 1 unspecified atom stereocenters. The Morgan fingerprint density at radius 1 is 1.33 bits per heavy atom. The maximum Gasteiger partial charge on any atom is 0.285 e. The van der Waals surface area contributed by atoms with Gasteiger partial charge in [-0.1, -0.05) is 0 Å². The monoisotopic (exact) mass is 427 g/mol. The van der Waals surface area contributed by atoms with Crippen LogP contribution in [0.3, 0.4) is 0 Å². The number of H-pyrrole nitrogens is 1. The molecule has 10 nitrogen and oxygen atoms in total. The molecule has 156 valence electrons. The summed E-state index contributed by atoms with van der Waals surface area (Å²) in [6.45, 7) is 5.80. The molecule has 3 aromatic rings. The average Bonchev–Trinajstić information content (AvgIpc) is 3.41. The SMILES string of the molecule is Cc1cnn(C)c1-c1cc(N2CCOCC2C)nc2c1S(=O)(=O)N=C2c1ccn[nH]1. The van der Waals surface area contributed by atoms with E-state index in [1.54, 1.807) is 30.2 Å². The normalized spacial score (nSPS) is 20.3. The van der Waals surface area contributed by atoms with Crippen molar-refractivity contribution in [3.63, 3.8) is 0 Å². The third-order valence-corrected chi connectivity index (χ3v) is 6.80. The van der Waals surface area contributed by atoms with Crippen molar-refractivity contribution in [2.45, 2.75) is 24.8 Å². The topological polar surface area (TPSA) is 118 Å². The summed E-state index contributed by atoms with van der Waals surface area (Å²) in [5, 5.41) is 11.1. The fourth-order valence-corrected chi connectivity index (χ4v) is 5.38. The fraction of sp³-hybridized carbons (Fsp3) is 0.368. The van der Waals surface area contributed by atoms with Crippen LogP contribution in [0.25, 0.3) is 11.3 Å². The second kappa shape index (κ2) is 6.74. The number of aromatic nitrogens is 5. The Hall–Kier alpha value is -3.05. The number of aromatic amines is 1. The largest absolute Gasteiger partial charge is 0.377 e. The minimum Gasteiger partial charge on any atom is -0.377 e. The van der Waals surface area contributed by atoms with Crippen LogP contribution in [0.4, 0.5) is 5.82 Å². The number of anilines is 1. The number of hydrogen-bond acceptors (Lipinski definition) is 7. The lowest BCUT2D eigenvalue weighted by Crippen LogP contribution is -2.44. The van der Waals surface area contributed by atoms with Gasteiger partial charge in [0, 0.05) is 25.4 Å². The molecule has 0 aliphatic carbocycles. The highest BCUT2D eigenvalue weighted by Crippen LogP contribution is 2.39. The Kier molecular flexibility index (Phi) is 4.26. The number of rotatable bonds is 3. The Labute approximate surface area is 173 Å². The molecule has 1 atom stereocenters. The van der Waals surface area contributed by atoms with Gasteiger partial charge in [-0.2, -0.15) is 23.0 Å². The van der Waals surface area contributed by atoms with Crippen LogP contribution in [0.15, 0.2) is 33.8 Å². The highest BCUT2D eigenvalue weighted by atomic mass is 32.2. The third kappa shape index (κ3) is 2.84. The molecular formula is C19H21N7O3S. The number of morpholine rings is 1. The summed E-state index contributed by atoms with van der Waals surface area (Å²) in [5.41, 5.74) is 3.24. The number of sulfonamides is 1. The summed E-state index contributed by atoms with van der Waals surface area (Å²) >= 11 is 0. The molecule has 1 saturated heterocycles. The maximum atomic E-state index is 13.1. The highest BCUT2D eigenvalue weighted by Gasteiger charge is 2.37. The van der Waals surface area contributed by atoms with E-state index >= 15 is 0 Å². The Morgan fingerprint density at radius 3 is 2.83 bits per heavy atom. The second-order valence-electron chi connectivity index (χ2n) is 7.51. The lowest BCUT2D eigenvalue weighted by Gasteiger charge is -2.34. The van der Waals surface area contributed by atoms with Gasteiger partial charge in [-0.25, -0.2) is 4.98 Å². The van der Waals surface area contributed by atoms with Crippen LogP contribution in [0, 0.1) is 6.92 Å². The van der Waals surface area contributed by atoms with E-state index in [1.165, 1.54) is 0 Å². The molecule has 0 spiro atoms. The summed E-state index contributed by atoms with van der Waals surface area (Å²) in [7, 11) is -2.14. The van der Waals surface area contributed by atoms with Crippen LogP contribution in [-0.4, -0.2) is 64.9 Å². The van der Waals surface area contributed by atoms with Crippen LogP contribution < -0.4 is 4.90 Å². The molecule has 0 bridgehead atoms. The van der Waals surface area contributed by atoms with Crippen LogP contribution in [0.1, 0.15) is 23.9 Å². The van der Waals surface area contributed by atoms with Gasteiger partial charge in [-0.3, -0.25) is 9.78 Å². The van der Waals surface area contributed by atoms with Gasteiger partial charge in [0.1, 0.15) is 22.1 Å². The van der Waals surface area contributed by atoms with Crippen molar-refractivity contribution in [1.29, 1.82) is 0 Å².